The molecule has 1 saturated carbocycles. The maximum atomic E-state index is 11.7. The molecular formula is C10H14N2O. The van der Waals surface area contributed by atoms with Gasteiger partial charge in [0.15, 0.2) is 0 Å². The van der Waals surface area contributed by atoms with Crippen LogP contribution in [-0.2, 0) is 18.3 Å². The molecule has 0 aromatic carbocycles. The summed E-state index contributed by atoms with van der Waals surface area (Å²) < 4.78 is 1.73. The molecule has 1 aromatic rings. The second kappa shape index (κ2) is 2.69. The van der Waals surface area contributed by atoms with Crippen LogP contribution in [0.4, 0.5) is 0 Å². The van der Waals surface area contributed by atoms with Crippen molar-refractivity contribution in [1.29, 1.82) is 0 Å². The molecule has 3 heteroatoms. The molecule has 1 fully saturated rings. The quantitative estimate of drug-likeness (QED) is 0.700. The van der Waals surface area contributed by atoms with Crippen LogP contribution in [-0.4, -0.2) is 15.6 Å². The first-order valence-corrected chi connectivity index (χ1v) is 4.62. The fraction of sp³-hybridized carbons (Fsp3) is 0.600. The van der Waals surface area contributed by atoms with Gasteiger partial charge in [-0.1, -0.05) is 6.92 Å². The highest BCUT2D eigenvalue weighted by Gasteiger charge is 2.44. The largest absolute Gasteiger partial charge is 0.299 e. The van der Waals surface area contributed by atoms with Crippen LogP contribution in [0.2, 0.25) is 0 Å². The lowest BCUT2D eigenvalue weighted by atomic mass is 10.00. The van der Waals surface area contributed by atoms with Crippen LogP contribution in [0.1, 0.15) is 25.5 Å². The Hall–Kier alpha value is -1.12. The van der Waals surface area contributed by atoms with E-state index in [4.69, 9.17) is 0 Å². The van der Waals surface area contributed by atoms with E-state index >= 15 is 0 Å². The summed E-state index contributed by atoms with van der Waals surface area (Å²) >= 11 is 0. The summed E-state index contributed by atoms with van der Waals surface area (Å²) in [6.45, 7) is 2.04. The van der Waals surface area contributed by atoms with Crippen molar-refractivity contribution in [2.24, 2.45) is 12.5 Å². The topological polar surface area (TPSA) is 34.9 Å². The van der Waals surface area contributed by atoms with Gasteiger partial charge in [0.05, 0.1) is 12.1 Å². The third kappa shape index (κ3) is 1.64. The van der Waals surface area contributed by atoms with E-state index in [0.717, 1.165) is 18.5 Å². The van der Waals surface area contributed by atoms with Crippen molar-refractivity contribution in [3.05, 3.63) is 18.0 Å². The number of carbonyl (C=O) groups excluding carboxylic acids is 1. The minimum atomic E-state index is -0.0163. The Labute approximate surface area is 77.7 Å². The van der Waals surface area contributed by atoms with Crippen molar-refractivity contribution in [1.82, 2.24) is 9.78 Å². The van der Waals surface area contributed by atoms with Gasteiger partial charge >= 0.3 is 0 Å². The lowest BCUT2D eigenvalue weighted by molar-refractivity contribution is -0.122. The molecule has 13 heavy (non-hydrogen) atoms. The summed E-state index contributed by atoms with van der Waals surface area (Å²) in [5.74, 6) is 0.339. The number of nitrogens with zero attached hydrogens (tertiary/aromatic N) is 2. The van der Waals surface area contributed by atoms with E-state index in [9.17, 15) is 4.79 Å². The lowest BCUT2D eigenvalue weighted by Gasteiger charge is -2.03. The van der Waals surface area contributed by atoms with Crippen molar-refractivity contribution in [3.63, 3.8) is 0 Å². The van der Waals surface area contributed by atoms with Gasteiger partial charge in [0, 0.05) is 18.7 Å². The van der Waals surface area contributed by atoms with Crippen molar-refractivity contribution in [2.75, 3.05) is 0 Å². The molecule has 0 amide bonds. The van der Waals surface area contributed by atoms with Crippen LogP contribution in [0.25, 0.3) is 0 Å². The molecule has 0 N–H and O–H groups in total. The predicted octanol–water partition coefficient (Wildman–Crippen LogP) is 1.33. The summed E-state index contributed by atoms with van der Waals surface area (Å²) in [5, 5.41) is 4.19. The summed E-state index contributed by atoms with van der Waals surface area (Å²) in [6, 6.07) is 1.91. The van der Waals surface area contributed by atoms with E-state index in [1.807, 2.05) is 26.2 Å². The number of rotatable bonds is 3. The van der Waals surface area contributed by atoms with E-state index in [0.29, 0.717) is 12.2 Å². The fourth-order valence-electron chi connectivity index (χ4n) is 1.40. The maximum absolute atomic E-state index is 11.7. The number of hydrogen-bond acceptors (Lipinski definition) is 2. The van der Waals surface area contributed by atoms with Crippen LogP contribution in [0.5, 0.6) is 0 Å². The van der Waals surface area contributed by atoms with Crippen molar-refractivity contribution >= 4 is 5.78 Å². The fourth-order valence-corrected chi connectivity index (χ4v) is 1.40. The van der Waals surface area contributed by atoms with Crippen LogP contribution in [0.15, 0.2) is 12.3 Å². The molecule has 70 valence electrons. The van der Waals surface area contributed by atoms with E-state index < -0.39 is 0 Å². The summed E-state index contributed by atoms with van der Waals surface area (Å²) in [5.41, 5.74) is 0.873. The molecule has 0 atom stereocenters. The van der Waals surface area contributed by atoms with Gasteiger partial charge in [-0.3, -0.25) is 9.48 Å². The Balaban J connectivity index is 2.02. The average Bonchev–Trinajstić information content (AvgIpc) is 2.69. The number of ketones is 1. The van der Waals surface area contributed by atoms with Gasteiger partial charge in [0.2, 0.25) is 0 Å². The Bertz CT molecular complexity index is 336. The number of hydrogen-bond donors (Lipinski definition) is 0. The smallest absolute Gasteiger partial charge is 0.144 e. The number of carbonyl (C=O) groups is 1. The van der Waals surface area contributed by atoms with Gasteiger partial charge in [0.25, 0.3) is 0 Å². The van der Waals surface area contributed by atoms with Crippen LogP contribution in [0.3, 0.4) is 0 Å². The molecule has 1 aromatic heterocycles. The highest BCUT2D eigenvalue weighted by Crippen LogP contribution is 2.46. The van der Waals surface area contributed by atoms with Gasteiger partial charge in [-0.15, -0.1) is 0 Å². The molecule has 0 spiro atoms. The number of Topliss-reactive ketones (excluding diaryl/α,β-unsaturated/α-hetero) is 1. The first-order chi connectivity index (χ1) is 6.10. The van der Waals surface area contributed by atoms with E-state index in [1.54, 1.807) is 4.68 Å². The zero-order valence-electron chi connectivity index (χ0n) is 8.08. The highest BCUT2D eigenvalue weighted by molar-refractivity contribution is 5.88. The summed E-state index contributed by atoms with van der Waals surface area (Å²) in [7, 11) is 1.87. The van der Waals surface area contributed by atoms with Gasteiger partial charge in [0.1, 0.15) is 5.78 Å². The van der Waals surface area contributed by atoms with Gasteiger partial charge in [-0.25, -0.2) is 0 Å². The highest BCUT2D eigenvalue weighted by atomic mass is 16.1. The second-order valence-corrected chi connectivity index (χ2v) is 4.14. The zero-order valence-corrected chi connectivity index (χ0v) is 8.08. The molecule has 1 heterocycles. The Morgan fingerprint density at radius 3 is 2.85 bits per heavy atom. The van der Waals surface area contributed by atoms with E-state index in [2.05, 4.69) is 5.10 Å². The third-order valence-electron chi connectivity index (χ3n) is 2.78. The lowest BCUT2D eigenvalue weighted by Crippen LogP contribution is -2.14. The predicted molar refractivity (Wildman–Crippen MR) is 49.3 cm³/mol. The molecule has 3 nitrogen and oxygen atoms in total. The van der Waals surface area contributed by atoms with Crippen LogP contribution < -0.4 is 0 Å². The third-order valence-corrected chi connectivity index (χ3v) is 2.78. The first-order valence-electron chi connectivity index (χ1n) is 4.62. The van der Waals surface area contributed by atoms with E-state index in [-0.39, 0.29) is 5.41 Å². The number of aryl methyl sites for hydroxylation is 1. The molecule has 0 bridgehead atoms. The van der Waals surface area contributed by atoms with Crippen molar-refractivity contribution in [3.8, 4) is 0 Å². The Morgan fingerprint density at radius 1 is 1.69 bits per heavy atom. The normalized spacial score (nSPS) is 18.6. The van der Waals surface area contributed by atoms with Gasteiger partial charge in [-0.05, 0) is 18.9 Å². The van der Waals surface area contributed by atoms with Crippen molar-refractivity contribution in [2.45, 2.75) is 26.2 Å². The summed E-state index contributed by atoms with van der Waals surface area (Å²) in [4.78, 5) is 11.7. The average molecular weight is 178 g/mol. The van der Waals surface area contributed by atoms with Gasteiger partial charge in [-0.2, -0.15) is 5.10 Å². The molecule has 0 unspecified atom stereocenters. The molecule has 1 aliphatic carbocycles. The first kappa shape index (κ1) is 8.48. The molecule has 1 aliphatic rings. The minimum Gasteiger partial charge on any atom is -0.299 e. The van der Waals surface area contributed by atoms with Crippen LogP contribution >= 0.6 is 0 Å². The van der Waals surface area contributed by atoms with Crippen molar-refractivity contribution < 1.29 is 4.79 Å². The molecule has 0 aliphatic heterocycles. The molecule has 0 saturated heterocycles. The monoisotopic (exact) mass is 178 g/mol. The minimum absolute atomic E-state index is 0.0163. The summed E-state index contributed by atoms with van der Waals surface area (Å²) in [6.07, 6.45) is 4.48. The van der Waals surface area contributed by atoms with Gasteiger partial charge < -0.3 is 0 Å². The second-order valence-electron chi connectivity index (χ2n) is 4.14. The zero-order chi connectivity index (χ0) is 9.47. The molecule has 2 rings (SSSR count). The molecular weight excluding hydrogens is 164 g/mol. The van der Waals surface area contributed by atoms with E-state index in [1.165, 1.54) is 0 Å². The maximum Gasteiger partial charge on any atom is 0.144 e. The SMILES string of the molecule is Cn1ccc(CC(=O)C2(C)CC2)n1. The Morgan fingerprint density at radius 2 is 2.38 bits per heavy atom. The molecule has 0 radical (unpaired) electrons. The Kier molecular flexibility index (Phi) is 1.75. The van der Waals surface area contributed by atoms with Crippen LogP contribution in [0, 0.1) is 5.41 Å². The standard InChI is InChI=1S/C10H14N2O/c1-10(4-5-10)9(13)7-8-3-6-12(2)11-8/h3,6H,4-5,7H2,1-2H3. The number of aromatic nitrogens is 2.